The molecule has 0 radical (unpaired) electrons. The van der Waals surface area contributed by atoms with Crippen molar-refractivity contribution in [2.24, 2.45) is 5.92 Å². The highest BCUT2D eigenvalue weighted by atomic mass is 28.3. The number of fused-ring (bicyclic) bond motifs is 2. The molecule has 0 aromatic heterocycles. The monoisotopic (exact) mass is 982 g/mol. The Morgan fingerprint density at radius 1 is 0.685 bits per heavy atom. The molecule has 4 amide bonds. The first-order valence-electron chi connectivity index (χ1n) is 25.0. The Balaban J connectivity index is 0.962. The molecule has 1 spiro atoms. The molecular formula is C61H54N4O7Si. The van der Waals surface area contributed by atoms with Crippen LogP contribution in [0.15, 0.2) is 170 Å². The number of nitrogens with zero attached hydrogens (tertiary/aromatic N) is 4. The smallest absolute Gasteiger partial charge is 0.264 e. The van der Waals surface area contributed by atoms with E-state index in [9.17, 15) is 19.5 Å². The molecule has 0 saturated carbocycles. The zero-order valence-electron chi connectivity index (χ0n) is 41.1. The summed E-state index contributed by atoms with van der Waals surface area (Å²) in [6.45, 7) is 7.08. The van der Waals surface area contributed by atoms with Gasteiger partial charge in [-0.05, 0) is 94.2 Å². The molecule has 1 N–H and O–H groups in total. The van der Waals surface area contributed by atoms with Gasteiger partial charge >= 0.3 is 0 Å². The van der Waals surface area contributed by atoms with Crippen molar-refractivity contribution in [1.29, 1.82) is 0 Å². The quantitative estimate of drug-likeness (QED) is 0.114. The third-order valence-electron chi connectivity index (χ3n) is 16.0. The van der Waals surface area contributed by atoms with Crippen LogP contribution in [-0.4, -0.2) is 68.1 Å². The molecule has 364 valence electrons. The molecule has 4 aliphatic heterocycles. The largest absolute Gasteiger partial charge is 0.497 e. The van der Waals surface area contributed by atoms with Crippen LogP contribution in [0.3, 0.4) is 0 Å². The normalized spacial score (nSPS) is 19.8. The molecule has 1 fully saturated rings. The summed E-state index contributed by atoms with van der Waals surface area (Å²) in [6.07, 6.45) is -0.727. The van der Waals surface area contributed by atoms with Crippen LogP contribution in [0, 0.1) is 5.92 Å². The number of benzene rings is 8. The maximum absolute atomic E-state index is 16.1. The minimum atomic E-state index is -2.70. The number of carbonyl (C=O) groups is 4. The number of methoxy groups -OCH3 is 1. The molecule has 1 saturated heterocycles. The van der Waals surface area contributed by atoms with Gasteiger partial charge in [-0.2, -0.15) is 0 Å². The van der Waals surface area contributed by atoms with E-state index < -0.39 is 25.7 Å². The van der Waals surface area contributed by atoms with E-state index in [0.29, 0.717) is 40.3 Å². The van der Waals surface area contributed by atoms with E-state index >= 15 is 4.79 Å². The van der Waals surface area contributed by atoms with Crippen molar-refractivity contribution >= 4 is 86.9 Å². The van der Waals surface area contributed by atoms with Gasteiger partial charge in [0.25, 0.3) is 17.7 Å². The number of hydrogen-bond donors (Lipinski definition) is 1. The van der Waals surface area contributed by atoms with Gasteiger partial charge in [-0.25, -0.2) is 0 Å². The van der Waals surface area contributed by atoms with Gasteiger partial charge < -0.3 is 24.4 Å². The molecule has 4 heterocycles. The molecule has 0 aliphatic carbocycles. The van der Waals surface area contributed by atoms with Crippen LogP contribution in [0.2, 0.25) is 18.6 Å². The van der Waals surface area contributed by atoms with Crippen molar-refractivity contribution in [3.63, 3.8) is 0 Å². The van der Waals surface area contributed by atoms with Crippen LogP contribution in [0.4, 0.5) is 28.4 Å². The zero-order chi connectivity index (χ0) is 50.3. The Kier molecular flexibility index (Phi) is 11.2. The summed E-state index contributed by atoms with van der Waals surface area (Å²) >= 11 is 0. The number of carbonyl (C=O) groups excluding carboxylic acids is 4. The van der Waals surface area contributed by atoms with Crippen molar-refractivity contribution < 1.29 is 33.8 Å². The summed E-state index contributed by atoms with van der Waals surface area (Å²) in [6, 6.07) is 54.9. The lowest BCUT2D eigenvalue weighted by atomic mass is 9.82. The number of ether oxygens (including phenoxy) is 2. The summed E-state index contributed by atoms with van der Waals surface area (Å²) in [5, 5.41) is 15.2. The van der Waals surface area contributed by atoms with Crippen LogP contribution in [0.25, 0.3) is 21.5 Å². The standard InChI is InChI=1S/C61H54N4O7Si/c1-38-57(73(3,4)46-29-27-45(71-2)28-30-46)53(35-54(67)62(32-33-66)36-39-12-6-5-7-13-39)72-61(38)49-34-44(65-52-21-11-17-42-15-9-19-48(56(42)52)59(65)69)26-31-50(49)63(60(61)70)37-40-22-24-43(25-23-40)64-51-20-10-16-41-14-8-18-47(55(41)51)58(64)68/h5-31,34,38,53,57,66H,32-33,35-37H2,1-4H3/t38-,53+,57-,61+/m1/s1. The average Bonchev–Trinajstić information content (AvgIpc) is 4.06. The molecule has 8 aromatic rings. The zero-order valence-corrected chi connectivity index (χ0v) is 42.1. The molecular weight excluding hydrogens is 929 g/mol. The van der Waals surface area contributed by atoms with E-state index in [0.717, 1.165) is 55.0 Å². The fraction of sp³-hybridized carbons (Fsp3) is 0.213. The Labute approximate surface area is 424 Å². The number of anilines is 5. The average molecular weight is 983 g/mol. The van der Waals surface area contributed by atoms with Crippen LogP contribution >= 0.6 is 0 Å². The summed E-state index contributed by atoms with van der Waals surface area (Å²) in [5.41, 5.74) is 5.43. The van der Waals surface area contributed by atoms with Crippen molar-refractivity contribution in [3.8, 4) is 5.75 Å². The second kappa shape index (κ2) is 17.7. The van der Waals surface area contributed by atoms with E-state index in [4.69, 9.17) is 9.47 Å². The Hall–Kier alpha value is -7.90. The molecule has 4 atom stereocenters. The van der Waals surface area contributed by atoms with Crippen molar-refractivity contribution in [3.05, 3.63) is 198 Å². The van der Waals surface area contributed by atoms with Crippen molar-refractivity contribution in [2.75, 3.05) is 35.0 Å². The number of aliphatic hydroxyl groups excluding tert-OH is 1. The third kappa shape index (κ3) is 7.21. The summed E-state index contributed by atoms with van der Waals surface area (Å²) < 4.78 is 13.1. The fourth-order valence-electron chi connectivity index (χ4n) is 12.6. The minimum absolute atomic E-state index is 0.0192. The van der Waals surface area contributed by atoms with E-state index in [1.165, 1.54) is 0 Å². The number of aliphatic hydroxyl groups is 1. The molecule has 0 bridgehead atoms. The molecule has 8 aromatic carbocycles. The number of amides is 4. The first kappa shape index (κ1) is 46.2. The minimum Gasteiger partial charge on any atom is -0.497 e. The third-order valence-corrected chi connectivity index (χ3v) is 20.4. The SMILES string of the molecule is COc1ccc([Si](C)(C)[C@H]2[C@H](CC(=O)N(CCO)Cc3ccccc3)O[C@@]3(C(=O)N(Cc4ccc(N5C(=O)c6cccc7cccc5c67)cc4)c4ccc(N5C(=O)c6cccc7cccc5c67)cc43)[C@@H]2C)cc1. The molecule has 0 unspecified atom stereocenters. The van der Waals surface area contributed by atoms with Crippen LogP contribution in [-0.2, 0) is 33.0 Å². The molecule has 11 nitrogen and oxygen atoms in total. The first-order valence-corrected chi connectivity index (χ1v) is 28.0. The van der Waals surface area contributed by atoms with Gasteiger partial charge in [-0.15, -0.1) is 0 Å². The second-order valence-corrected chi connectivity index (χ2v) is 25.0. The van der Waals surface area contributed by atoms with Crippen LogP contribution < -0.4 is 24.6 Å². The van der Waals surface area contributed by atoms with Gasteiger partial charge in [0.2, 0.25) is 5.91 Å². The fourth-order valence-corrected chi connectivity index (χ4v) is 16.6. The maximum atomic E-state index is 16.1. The highest BCUT2D eigenvalue weighted by Gasteiger charge is 2.66. The van der Waals surface area contributed by atoms with Crippen molar-refractivity contribution in [2.45, 2.75) is 56.8 Å². The molecule has 4 aliphatic rings. The molecule has 12 heteroatoms. The number of hydrogen-bond acceptors (Lipinski definition) is 7. The van der Waals surface area contributed by atoms with E-state index in [1.807, 2.05) is 158 Å². The molecule has 12 rings (SSSR count). The Bertz CT molecular complexity index is 3540. The van der Waals surface area contributed by atoms with Crippen molar-refractivity contribution in [1.82, 2.24) is 4.90 Å². The predicted molar refractivity (Wildman–Crippen MR) is 288 cm³/mol. The van der Waals surface area contributed by atoms with E-state index in [1.54, 1.807) is 26.7 Å². The van der Waals surface area contributed by atoms with E-state index in [-0.39, 0.29) is 55.3 Å². The highest BCUT2D eigenvalue weighted by Crippen LogP contribution is 2.61. The molecule has 73 heavy (non-hydrogen) atoms. The van der Waals surface area contributed by atoms with Crippen LogP contribution in [0.5, 0.6) is 5.75 Å². The van der Waals surface area contributed by atoms with Gasteiger partial charge in [-0.3, -0.25) is 29.0 Å². The summed E-state index contributed by atoms with van der Waals surface area (Å²) in [4.78, 5) is 66.3. The van der Waals surface area contributed by atoms with Gasteiger partial charge in [-0.1, -0.05) is 128 Å². The second-order valence-electron chi connectivity index (χ2n) is 20.3. The highest BCUT2D eigenvalue weighted by molar-refractivity contribution is 6.91. The van der Waals surface area contributed by atoms with Gasteiger partial charge in [0.1, 0.15) is 5.75 Å². The maximum Gasteiger partial charge on any atom is 0.264 e. The number of rotatable bonds is 13. The summed E-state index contributed by atoms with van der Waals surface area (Å²) in [5.74, 6) is -0.404. The van der Waals surface area contributed by atoms with E-state index in [2.05, 4.69) is 32.2 Å². The van der Waals surface area contributed by atoms with Gasteiger partial charge in [0, 0.05) is 46.7 Å². The lowest BCUT2D eigenvalue weighted by molar-refractivity contribution is -0.150. The van der Waals surface area contributed by atoms with Gasteiger partial charge in [0.05, 0.1) is 69.0 Å². The Morgan fingerprint density at radius 3 is 1.88 bits per heavy atom. The summed E-state index contributed by atoms with van der Waals surface area (Å²) in [7, 11) is -1.06. The lowest BCUT2D eigenvalue weighted by Gasteiger charge is -2.37. The lowest BCUT2D eigenvalue weighted by Crippen LogP contribution is -2.52. The topological polar surface area (TPSA) is 120 Å². The predicted octanol–water partition coefficient (Wildman–Crippen LogP) is 10.8. The first-order chi connectivity index (χ1) is 35.4. The van der Waals surface area contributed by atoms with Crippen LogP contribution in [0.1, 0.15) is 50.8 Å². The Morgan fingerprint density at radius 2 is 1.27 bits per heavy atom. The van der Waals surface area contributed by atoms with Gasteiger partial charge in [0.15, 0.2) is 5.60 Å².